The second-order valence-corrected chi connectivity index (χ2v) is 12.9. The van der Waals surface area contributed by atoms with Crippen LogP contribution in [0, 0.1) is 11.7 Å². The van der Waals surface area contributed by atoms with Gasteiger partial charge in [0.2, 0.25) is 11.8 Å². The number of likely N-dealkylation sites (tertiary alicyclic amines) is 1. The van der Waals surface area contributed by atoms with Gasteiger partial charge >= 0.3 is 5.97 Å². The molecule has 0 spiro atoms. The molecule has 4 aromatic rings. The van der Waals surface area contributed by atoms with Crippen LogP contribution < -0.4 is 14.8 Å². The van der Waals surface area contributed by atoms with Gasteiger partial charge in [-0.3, -0.25) is 9.69 Å². The van der Waals surface area contributed by atoms with E-state index in [9.17, 15) is 4.79 Å². The molecule has 1 saturated heterocycles. The number of hydrogen-bond acceptors (Lipinski definition) is 7. The van der Waals surface area contributed by atoms with E-state index >= 15 is 4.39 Å². The Morgan fingerprint density at radius 3 is 2.16 bits per heavy atom. The van der Waals surface area contributed by atoms with Gasteiger partial charge in [0.15, 0.2) is 0 Å². The van der Waals surface area contributed by atoms with Crippen molar-refractivity contribution < 1.29 is 23.4 Å². The van der Waals surface area contributed by atoms with Crippen LogP contribution in [0.25, 0.3) is 0 Å². The zero-order valence-electron chi connectivity index (χ0n) is 26.0. The third-order valence-electron chi connectivity index (χ3n) is 8.28. The average Bonchev–Trinajstić information content (AvgIpc) is 2.97. The molecule has 2 fully saturated rings. The van der Waals surface area contributed by atoms with Crippen molar-refractivity contribution in [3.63, 3.8) is 0 Å². The number of rotatable bonds is 11. The minimum Gasteiger partial charge on any atom is -0.473 e. The summed E-state index contributed by atoms with van der Waals surface area (Å²) < 4.78 is 33.0. The lowest BCUT2D eigenvalue weighted by Crippen LogP contribution is -2.56. The van der Waals surface area contributed by atoms with Crippen LogP contribution in [0.5, 0.6) is 11.8 Å². The van der Waals surface area contributed by atoms with Crippen LogP contribution in [0.2, 0.25) is 0 Å². The van der Waals surface area contributed by atoms with Crippen LogP contribution in [0.4, 0.5) is 15.8 Å². The Morgan fingerprint density at radius 2 is 1.53 bits per heavy atom. The second-order valence-electron chi connectivity index (χ2n) is 12.9. The van der Waals surface area contributed by atoms with Crippen molar-refractivity contribution >= 4 is 17.3 Å². The number of carbonyl (C=O) groups is 1. The van der Waals surface area contributed by atoms with Crippen LogP contribution in [-0.2, 0) is 22.7 Å². The van der Waals surface area contributed by atoms with Gasteiger partial charge in [0.1, 0.15) is 30.3 Å². The minimum absolute atomic E-state index is 0.0316. The summed E-state index contributed by atoms with van der Waals surface area (Å²) in [5.41, 5.74) is 3.52. The predicted molar refractivity (Wildman–Crippen MR) is 172 cm³/mol. The topological polar surface area (TPSA) is 72.9 Å². The number of nitrogens with one attached hydrogen (secondary N) is 1. The highest BCUT2D eigenvalue weighted by molar-refractivity contribution is 5.74. The summed E-state index contributed by atoms with van der Waals surface area (Å²) in [6.07, 6.45) is 1.62. The standard InChI is InChI=1S/C37H40FN3O4/c1-37(2,3)45-36(42)27-18-30(19-27)41-21-28(22-41)31-15-14-29(20-32(31)38)39-33-16-17-34(43-23-25-10-6-4-7-11-25)40-35(33)44-24-26-12-8-5-9-13-26/h4-17,20,27-28,30,39H,18-19,21-24H2,1-3H3. The second kappa shape index (κ2) is 13.3. The Bertz CT molecular complexity index is 1600. The number of pyridine rings is 1. The van der Waals surface area contributed by atoms with Crippen LogP contribution >= 0.6 is 0 Å². The van der Waals surface area contributed by atoms with Crippen LogP contribution in [0.15, 0.2) is 91.0 Å². The Labute approximate surface area is 264 Å². The van der Waals surface area contributed by atoms with Gasteiger partial charge in [0.05, 0.1) is 5.92 Å². The summed E-state index contributed by atoms with van der Waals surface area (Å²) in [6, 6.07) is 29.0. The lowest BCUT2D eigenvalue weighted by molar-refractivity contribution is -0.166. The summed E-state index contributed by atoms with van der Waals surface area (Å²) in [5.74, 6) is 0.555. The molecule has 1 aromatic heterocycles. The highest BCUT2D eigenvalue weighted by Crippen LogP contribution is 2.40. The van der Waals surface area contributed by atoms with Gasteiger partial charge in [-0.05, 0) is 68.5 Å². The minimum atomic E-state index is -0.462. The molecule has 0 amide bonds. The first-order valence-electron chi connectivity index (χ1n) is 15.6. The number of hydrogen-bond donors (Lipinski definition) is 1. The summed E-state index contributed by atoms with van der Waals surface area (Å²) in [4.78, 5) is 19.3. The number of nitrogens with zero attached hydrogens (tertiary/aromatic N) is 2. The molecular formula is C37H40FN3O4. The lowest BCUT2D eigenvalue weighted by atomic mass is 9.76. The van der Waals surface area contributed by atoms with Crippen molar-refractivity contribution in [1.29, 1.82) is 0 Å². The molecule has 0 unspecified atom stereocenters. The molecule has 0 bridgehead atoms. The average molecular weight is 610 g/mol. The Balaban J connectivity index is 1.07. The van der Waals surface area contributed by atoms with Gasteiger partial charge < -0.3 is 19.5 Å². The highest BCUT2D eigenvalue weighted by Gasteiger charge is 2.44. The fourth-order valence-electron chi connectivity index (χ4n) is 5.73. The van der Waals surface area contributed by atoms with E-state index in [0.717, 1.165) is 37.1 Å². The molecule has 0 atom stereocenters. The maximum Gasteiger partial charge on any atom is 0.309 e. The normalized spacial score (nSPS) is 18.4. The summed E-state index contributed by atoms with van der Waals surface area (Å²) in [6.45, 7) is 7.98. The maximum absolute atomic E-state index is 15.4. The van der Waals surface area contributed by atoms with E-state index < -0.39 is 5.60 Å². The van der Waals surface area contributed by atoms with Crippen molar-refractivity contribution in [3.05, 3.63) is 114 Å². The SMILES string of the molecule is CC(C)(C)OC(=O)C1CC(N2CC(c3ccc(Nc4ccc(OCc5ccccc5)nc4OCc4ccccc4)cc3F)C2)C1. The Kier molecular flexibility index (Phi) is 9.03. The Hall–Kier alpha value is -4.43. The van der Waals surface area contributed by atoms with Gasteiger partial charge in [0, 0.05) is 36.8 Å². The van der Waals surface area contributed by atoms with Gasteiger partial charge in [-0.25, -0.2) is 4.39 Å². The van der Waals surface area contributed by atoms with Gasteiger partial charge in [-0.1, -0.05) is 66.7 Å². The van der Waals surface area contributed by atoms with Gasteiger partial charge in [-0.2, -0.15) is 4.98 Å². The van der Waals surface area contributed by atoms with E-state index in [-0.39, 0.29) is 23.6 Å². The fraction of sp³-hybridized carbons (Fsp3) is 0.351. The third-order valence-corrected chi connectivity index (χ3v) is 8.28. The first-order chi connectivity index (χ1) is 21.7. The van der Waals surface area contributed by atoms with Crippen LogP contribution in [0.1, 0.15) is 56.2 Å². The number of esters is 1. The van der Waals surface area contributed by atoms with Crippen molar-refractivity contribution in [3.8, 4) is 11.8 Å². The molecule has 6 rings (SSSR count). The van der Waals surface area contributed by atoms with E-state index in [4.69, 9.17) is 14.2 Å². The fourth-order valence-corrected chi connectivity index (χ4v) is 5.73. The van der Waals surface area contributed by atoms with Crippen molar-refractivity contribution in [2.45, 2.75) is 64.4 Å². The quantitative estimate of drug-likeness (QED) is 0.175. The molecule has 1 aliphatic heterocycles. The summed E-state index contributed by atoms with van der Waals surface area (Å²) >= 11 is 0. The smallest absolute Gasteiger partial charge is 0.309 e. The maximum atomic E-state index is 15.4. The molecule has 1 aliphatic carbocycles. The zero-order valence-corrected chi connectivity index (χ0v) is 26.0. The number of anilines is 2. The first-order valence-corrected chi connectivity index (χ1v) is 15.6. The van der Waals surface area contributed by atoms with Crippen LogP contribution in [-0.4, -0.2) is 40.6 Å². The van der Waals surface area contributed by atoms with Crippen molar-refractivity contribution in [1.82, 2.24) is 9.88 Å². The molecule has 45 heavy (non-hydrogen) atoms. The molecule has 2 heterocycles. The number of benzene rings is 3. The van der Waals surface area contributed by atoms with Crippen molar-refractivity contribution in [2.24, 2.45) is 5.92 Å². The lowest BCUT2D eigenvalue weighted by Gasteiger charge is -2.50. The van der Waals surface area contributed by atoms with E-state index in [2.05, 4.69) is 15.2 Å². The first kappa shape index (κ1) is 30.6. The molecule has 1 saturated carbocycles. The van der Waals surface area contributed by atoms with Crippen LogP contribution in [0.3, 0.4) is 0 Å². The summed E-state index contributed by atoms with van der Waals surface area (Å²) in [7, 11) is 0. The largest absolute Gasteiger partial charge is 0.473 e. The van der Waals surface area contributed by atoms with E-state index in [1.807, 2.05) is 99.6 Å². The van der Waals surface area contributed by atoms with Gasteiger partial charge in [0.25, 0.3) is 0 Å². The number of halogens is 1. The summed E-state index contributed by atoms with van der Waals surface area (Å²) in [5, 5.41) is 3.29. The zero-order chi connectivity index (χ0) is 31.4. The van der Waals surface area contributed by atoms with E-state index in [0.29, 0.717) is 48.0 Å². The number of aromatic nitrogens is 1. The molecule has 2 aliphatic rings. The van der Waals surface area contributed by atoms with Crippen molar-refractivity contribution in [2.75, 3.05) is 18.4 Å². The molecule has 8 heteroatoms. The van der Waals surface area contributed by atoms with E-state index in [1.54, 1.807) is 6.07 Å². The Morgan fingerprint density at radius 1 is 0.889 bits per heavy atom. The third kappa shape index (κ3) is 7.81. The van der Waals surface area contributed by atoms with Gasteiger partial charge in [-0.15, -0.1) is 0 Å². The molecule has 0 radical (unpaired) electrons. The predicted octanol–water partition coefficient (Wildman–Crippen LogP) is 7.64. The molecule has 7 nitrogen and oxygen atoms in total. The number of carbonyl (C=O) groups excluding carboxylic acids is 1. The molecular weight excluding hydrogens is 569 g/mol. The molecule has 1 N–H and O–H groups in total. The number of ether oxygens (including phenoxy) is 3. The van der Waals surface area contributed by atoms with E-state index in [1.165, 1.54) is 6.07 Å². The highest BCUT2D eigenvalue weighted by atomic mass is 19.1. The molecule has 234 valence electrons. The monoisotopic (exact) mass is 609 g/mol. The molecule has 3 aromatic carbocycles.